The number of nitrogens with zero attached hydrogens (tertiary/aromatic N) is 2. The van der Waals surface area contributed by atoms with Crippen LogP contribution in [-0.2, 0) is 4.79 Å². The Balaban J connectivity index is 1.45. The first-order valence-electron chi connectivity index (χ1n) is 9.86. The number of fused-ring (bicyclic) bond motifs is 1. The molecule has 0 bridgehead atoms. The topological polar surface area (TPSA) is 60.9 Å². The first-order chi connectivity index (χ1) is 14.0. The van der Waals surface area contributed by atoms with Crippen LogP contribution in [0.4, 0.5) is 0 Å². The van der Waals surface area contributed by atoms with Crippen LogP contribution in [0.25, 0.3) is 10.8 Å². The van der Waals surface area contributed by atoms with Gasteiger partial charge in [-0.15, -0.1) is 0 Å². The molecule has 0 saturated carbocycles. The summed E-state index contributed by atoms with van der Waals surface area (Å²) in [6.07, 6.45) is -1.21. The SMILES string of the molecule is CC1CN(C(=O)c2ccccc2)CCN1C(=O)[C@@H](O)c1ccc2ccccc2c1. The van der Waals surface area contributed by atoms with Gasteiger partial charge in [0.25, 0.3) is 11.8 Å². The molecule has 3 aromatic carbocycles. The summed E-state index contributed by atoms with van der Waals surface area (Å²) in [4.78, 5) is 29.1. The molecule has 0 aromatic heterocycles. The Labute approximate surface area is 170 Å². The highest BCUT2D eigenvalue weighted by Gasteiger charge is 2.33. The molecule has 1 fully saturated rings. The molecule has 1 saturated heterocycles. The quantitative estimate of drug-likeness (QED) is 0.749. The highest BCUT2D eigenvalue weighted by molar-refractivity contribution is 5.94. The smallest absolute Gasteiger partial charge is 0.256 e. The van der Waals surface area contributed by atoms with E-state index in [2.05, 4.69) is 0 Å². The van der Waals surface area contributed by atoms with Gasteiger partial charge in [0.15, 0.2) is 6.10 Å². The first-order valence-corrected chi connectivity index (χ1v) is 9.86. The Morgan fingerprint density at radius 2 is 1.62 bits per heavy atom. The van der Waals surface area contributed by atoms with Gasteiger partial charge in [-0.05, 0) is 41.5 Å². The Hall–Kier alpha value is -3.18. The third kappa shape index (κ3) is 3.87. The fraction of sp³-hybridized carbons (Fsp3) is 0.250. The second-order valence-electron chi connectivity index (χ2n) is 7.51. The largest absolute Gasteiger partial charge is 0.378 e. The molecule has 1 aliphatic rings. The van der Waals surface area contributed by atoms with Gasteiger partial charge in [-0.25, -0.2) is 0 Å². The lowest BCUT2D eigenvalue weighted by Crippen LogP contribution is -2.56. The molecule has 1 heterocycles. The van der Waals surface area contributed by atoms with Crippen LogP contribution in [0.15, 0.2) is 72.8 Å². The minimum absolute atomic E-state index is 0.0281. The van der Waals surface area contributed by atoms with E-state index < -0.39 is 6.10 Å². The summed E-state index contributed by atoms with van der Waals surface area (Å²) in [5.74, 6) is -0.348. The van der Waals surface area contributed by atoms with Crippen LogP contribution < -0.4 is 0 Å². The van der Waals surface area contributed by atoms with Gasteiger partial charge in [-0.3, -0.25) is 9.59 Å². The van der Waals surface area contributed by atoms with Crippen LogP contribution in [0.5, 0.6) is 0 Å². The summed E-state index contributed by atoms with van der Waals surface area (Å²) in [5, 5.41) is 12.8. The van der Waals surface area contributed by atoms with Crippen molar-refractivity contribution in [1.29, 1.82) is 0 Å². The second-order valence-corrected chi connectivity index (χ2v) is 7.51. The molecule has 5 nitrogen and oxygen atoms in total. The number of rotatable bonds is 3. The molecule has 3 aromatic rings. The van der Waals surface area contributed by atoms with Gasteiger partial charge in [0.1, 0.15) is 0 Å². The molecule has 29 heavy (non-hydrogen) atoms. The van der Waals surface area contributed by atoms with E-state index in [1.165, 1.54) is 0 Å². The molecule has 5 heteroatoms. The third-order valence-corrected chi connectivity index (χ3v) is 5.54. The van der Waals surface area contributed by atoms with E-state index in [0.717, 1.165) is 10.8 Å². The molecule has 2 atom stereocenters. The highest BCUT2D eigenvalue weighted by atomic mass is 16.3. The predicted molar refractivity (Wildman–Crippen MR) is 112 cm³/mol. The van der Waals surface area contributed by atoms with Gasteiger partial charge in [0.2, 0.25) is 0 Å². The maximum Gasteiger partial charge on any atom is 0.256 e. The van der Waals surface area contributed by atoms with Gasteiger partial charge in [0, 0.05) is 31.2 Å². The number of hydrogen-bond donors (Lipinski definition) is 1. The van der Waals surface area contributed by atoms with Crippen LogP contribution >= 0.6 is 0 Å². The summed E-state index contributed by atoms with van der Waals surface area (Å²) in [6.45, 7) is 3.22. The average Bonchev–Trinajstić information content (AvgIpc) is 2.77. The molecule has 4 rings (SSSR count). The monoisotopic (exact) mass is 388 g/mol. The molecule has 1 unspecified atom stereocenters. The van der Waals surface area contributed by atoms with Crippen molar-refractivity contribution in [2.45, 2.75) is 19.1 Å². The lowest BCUT2D eigenvalue weighted by atomic mass is 10.0. The minimum Gasteiger partial charge on any atom is -0.378 e. The van der Waals surface area contributed by atoms with E-state index in [1.807, 2.05) is 61.5 Å². The number of benzene rings is 3. The molecule has 0 spiro atoms. The van der Waals surface area contributed by atoms with Gasteiger partial charge in [0.05, 0.1) is 0 Å². The van der Waals surface area contributed by atoms with Crippen LogP contribution in [0.3, 0.4) is 0 Å². The molecular weight excluding hydrogens is 364 g/mol. The normalized spacial score (nSPS) is 17.9. The van der Waals surface area contributed by atoms with Crippen molar-refractivity contribution >= 4 is 22.6 Å². The standard InChI is InChI=1S/C24H24N2O3/c1-17-16-25(23(28)19-8-3-2-4-9-19)13-14-26(17)24(29)22(27)21-12-11-18-7-5-6-10-20(18)15-21/h2-12,15,17,22,27H,13-14,16H2,1H3/t17?,22-/m0/s1. The van der Waals surface area contributed by atoms with Crippen LogP contribution in [0.2, 0.25) is 0 Å². The summed E-state index contributed by atoms with van der Waals surface area (Å²) in [6, 6.07) is 22.4. The van der Waals surface area contributed by atoms with Crippen molar-refractivity contribution in [1.82, 2.24) is 9.80 Å². The third-order valence-electron chi connectivity index (χ3n) is 5.54. The molecule has 1 N–H and O–H groups in total. The summed E-state index contributed by atoms with van der Waals surface area (Å²) in [5.41, 5.74) is 1.24. The summed E-state index contributed by atoms with van der Waals surface area (Å²) < 4.78 is 0. The van der Waals surface area contributed by atoms with Crippen molar-refractivity contribution in [3.63, 3.8) is 0 Å². The number of piperazine rings is 1. The van der Waals surface area contributed by atoms with Crippen molar-refractivity contribution < 1.29 is 14.7 Å². The number of aliphatic hydroxyl groups excluding tert-OH is 1. The number of amides is 2. The van der Waals surface area contributed by atoms with E-state index >= 15 is 0 Å². The fourth-order valence-corrected chi connectivity index (χ4v) is 3.91. The van der Waals surface area contributed by atoms with Crippen molar-refractivity contribution in [3.8, 4) is 0 Å². The zero-order chi connectivity index (χ0) is 20.4. The first kappa shape index (κ1) is 19.2. The zero-order valence-corrected chi connectivity index (χ0v) is 16.4. The second kappa shape index (κ2) is 8.05. The van der Waals surface area contributed by atoms with Gasteiger partial charge in [-0.2, -0.15) is 0 Å². The number of carbonyl (C=O) groups is 2. The van der Waals surface area contributed by atoms with E-state index in [0.29, 0.717) is 30.8 Å². The van der Waals surface area contributed by atoms with Crippen LogP contribution in [0.1, 0.15) is 28.9 Å². The van der Waals surface area contributed by atoms with Crippen molar-refractivity contribution in [2.75, 3.05) is 19.6 Å². The maximum absolute atomic E-state index is 13.0. The zero-order valence-electron chi connectivity index (χ0n) is 16.4. The Kier molecular flexibility index (Phi) is 5.32. The lowest BCUT2D eigenvalue weighted by Gasteiger charge is -2.40. The highest BCUT2D eigenvalue weighted by Crippen LogP contribution is 2.24. The molecule has 0 radical (unpaired) electrons. The fourth-order valence-electron chi connectivity index (χ4n) is 3.91. The lowest BCUT2D eigenvalue weighted by molar-refractivity contribution is -0.144. The number of aliphatic hydroxyl groups is 1. The van der Waals surface area contributed by atoms with E-state index in [-0.39, 0.29) is 17.9 Å². The Morgan fingerprint density at radius 3 is 2.34 bits per heavy atom. The maximum atomic E-state index is 13.0. The summed E-state index contributed by atoms with van der Waals surface area (Å²) >= 11 is 0. The number of hydrogen-bond acceptors (Lipinski definition) is 3. The Bertz CT molecular complexity index is 1030. The van der Waals surface area contributed by atoms with Crippen LogP contribution in [-0.4, -0.2) is 52.4 Å². The minimum atomic E-state index is -1.21. The van der Waals surface area contributed by atoms with E-state index in [1.54, 1.807) is 28.0 Å². The van der Waals surface area contributed by atoms with E-state index in [9.17, 15) is 14.7 Å². The molecule has 0 aliphatic carbocycles. The summed E-state index contributed by atoms with van der Waals surface area (Å²) in [7, 11) is 0. The van der Waals surface area contributed by atoms with Crippen molar-refractivity contribution in [2.24, 2.45) is 0 Å². The molecule has 2 amide bonds. The predicted octanol–water partition coefficient (Wildman–Crippen LogP) is 3.25. The molecular formula is C24H24N2O3. The van der Waals surface area contributed by atoms with Crippen LogP contribution in [0, 0.1) is 0 Å². The van der Waals surface area contributed by atoms with Gasteiger partial charge < -0.3 is 14.9 Å². The van der Waals surface area contributed by atoms with Gasteiger partial charge >= 0.3 is 0 Å². The molecule has 148 valence electrons. The van der Waals surface area contributed by atoms with Gasteiger partial charge in [-0.1, -0.05) is 54.6 Å². The number of carbonyl (C=O) groups excluding carboxylic acids is 2. The molecule has 1 aliphatic heterocycles. The Morgan fingerprint density at radius 1 is 0.931 bits per heavy atom. The van der Waals surface area contributed by atoms with Crippen molar-refractivity contribution in [3.05, 3.63) is 83.9 Å². The average molecular weight is 388 g/mol. The van der Waals surface area contributed by atoms with E-state index in [4.69, 9.17) is 0 Å².